The highest BCUT2D eigenvalue weighted by Gasteiger charge is 2.35. The topological polar surface area (TPSA) is 47.3 Å². The maximum Gasteiger partial charge on any atom is 0.0996 e. The van der Waals surface area contributed by atoms with E-state index in [1.165, 1.54) is 12.8 Å². The van der Waals surface area contributed by atoms with Crippen molar-refractivity contribution in [3.63, 3.8) is 0 Å². The van der Waals surface area contributed by atoms with Gasteiger partial charge in [0.25, 0.3) is 0 Å². The lowest BCUT2D eigenvalue weighted by Crippen LogP contribution is -2.18. The molecule has 1 fully saturated rings. The van der Waals surface area contributed by atoms with E-state index in [0.717, 1.165) is 10.2 Å². The van der Waals surface area contributed by atoms with Crippen LogP contribution in [0.25, 0.3) is 0 Å². The van der Waals surface area contributed by atoms with E-state index in [9.17, 15) is 5.11 Å². The third kappa shape index (κ3) is 2.89. The van der Waals surface area contributed by atoms with Crippen molar-refractivity contribution in [2.75, 3.05) is 13.7 Å². The van der Waals surface area contributed by atoms with E-state index in [1.807, 2.05) is 4.68 Å². The SMILES string of the molecule is COCCn1ncc(Br)c1C(O)C(C)C1CC1. The van der Waals surface area contributed by atoms with Gasteiger partial charge in [0, 0.05) is 7.11 Å². The molecule has 0 radical (unpaired) electrons. The Morgan fingerprint density at radius 2 is 2.35 bits per heavy atom. The summed E-state index contributed by atoms with van der Waals surface area (Å²) in [5.74, 6) is 0.965. The molecule has 5 heteroatoms. The molecule has 1 aliphatic rings. The van der Waals surface area contributed by atoms with Gasteiger partial charge < -0.3 is 9.84 Å². The third-order valence-corrected chi connectivity index (χ3v) is 4.10. The minimum atomic E-state index is -0.448. The standard InChI is InChI=1S/C12H19BrN2O2/c1-8(9-3-4-9)12(16)11-10(13)7-14-15(11)5-6-17-2/h7-9,12,16H,3-6H2,1-2H3. The summed E-state index contributed by atoms with van der Waals surface area (Å²) in [6.45, 7) is 3.39. The molecule has 2 atom stereocenters. The Morgan fingerprint density at radius 3 is 2.94 bits per heavy atom. The zero-order valence-corrected chi connectivity index (χ0v) is 11.9. The van der Waals surface area contributed by atoms with Crippen LogP contribution >= 0.6 is 15.9 Å². The van der Waals surface area contributed by atoms with E-state index in [-0.39, 0.29) is 0 Å². The van der Waals surface area contributed by atoms with Crippen LogP contribution in [-0.4, -0.2) is 28.6 Å². The quantitative estimate of drug-likeness (QED) is 0.877. The number of aliphatic hydroxyl groups is 1. The Labute approximate surface area is 110 Å². The molecule has 1 aromatic rings. The molecule has 1 saturated carbocycles. The van der Waals surface area contributed by atoms with Gasteiger partial charge in [-0.05, 0) is 40.6 Å². The van der Waals surface area contributed by atoms with Crippen molar-refractivity contribution in [3.8, 4) is 0 Å². The fourth-order valence-corrected chi connectivity index (χ4v) is 2.68. The molecule has 17 heavy (non-hydrogen) atoms. The van der Waals surface area contributed by atoms with Gasteiger partial charge >= 0.3 is 0 Å². The molecule has 0 aliphatic heterocycles. The lowest BCUT2D eigenvalue weighted by atomic mass is 9.97. The van der Waals surface area contributed by atoms with Crippen molar-refractivity contribution in [3.05, 3.63) is 16.4 Å². The molecule has 1 aliphatic carbocycles. The molecule has 0 amide bonds. The average molecular weight is 303 g/mol. The number of hydrogen-bond donors (Lipinski definition) is 1. The summed E-state index contributed by atoms with van der Waals surface area (Å²) in [7, 11) is 1.67. The zero-order valence-electron chi connectivity index (χ0n) is 10.3. The molecular formula is C12H19BrN2O2. The van der Waals surface area contributed by atoms with Gasteiger partial charge in [-0.3, -0.25) is 4.68 Å². The highest BCUT2D eigenvalue weighted by molar-refractivity contribution is 9.10. The molecule has 0 spiro atoms. The number of aromatic nitrogens is 2. The van der Waals surface area contributed by atoms with Crippen LogP contribution < -0.4 is 0 Å². The molecule has 1 heterocycles. The molecule has 0 bridgehead atoms. The van der Waals surface area contributed by atoms with Gasteiger partial charge in [0.05, 0.1) is 35.6 Å². The number of ether oxygens (including phenoxy) is 1. The van der Waals surface area contributed by atoms with Crippen molar-refractivity contribution < 1.29 is 9.84 Å². The van der Waals surface area contributed by atoms with Crippen LogP contribution in [0, 0.1) is 11.8 Å². The van der Waals surface area contributed by atoms with Gasteiger partial charge in [-0.25, -0.2) is 0 Å². The van der Waals surface area contributed by atoms with Crippen LogP contribution in [0.2, 0.25) is 0 Å². The second-order valence-electron chi connectivity index (χ2n) is 4.74. The number of hydrogen-bond acceptors (Lipinski definition) is 3. The first-order valence-corrected chi connectivity index (χ1v) is 6.82. The predicted octanol–water partition coefficient (Wildman–Crippen LogP) is 2.37. The second-order valence-corrected chi connectivity index (χ2v) is 5.59. The molecule has 1 N–H and O–H groups in total. The summed E-state index contributed by atoms with van der Waals surface area (Å²) >= 11 is 3.46. The van der Waals surface area contributed by atoms with E-state index in [2.05, 4.69) is 28.0 Å². The maximum absolute atomic E-state index is 10.4. The Bertz CT molecular complexity index is 377. The molecule has 96 valence electrons. The van der Waals surface area contributed by atoms with Gasteiger partial charge in [0.15, 0.2) is 0 Å². The summed E-state index contributed by atoms with van der Waals surface area (Å²) in [5.41, 5.74) is 0.876. The highest BCUT2D eigenvalue weighted by Crippen LogP contribution is 2.43. The Morgan fingerprint density at radius 1 is 1.65 bits per heavy atom. The molecule has 0 aromatic carbocycles. The first-order valence-electron chi connectivity index (χ1n) is 6.03. The zero-order chi connectivity index (χ0) is 12.4. The van der Waals surface area contributed by atoms with Gasteiger partial charge in [0.2, 0.25) is 0 Å². The third-order valence-electron chi connectivity index (χ3n) is 3.48. The number of rotatable bonds is 6. The maximum atomic E-state index is 10.4. The van der Waals surface area contributed by atoms with E-state index in [1.54, 1.807) is 13.3 Å². The Kier molecular flexibility index (Phi) is 4.22. The summed E-state index contributed by atoms with van der Waals surface area (Å²) < 4.78 is 7.77. The number of halogens is 1. The van der Waals surface area contributed by atoms with Gasteiger partial charge in [-0.15, -0.1) is 0 Å². The van der Waals surface area contributed by atoms with E-state index >= 15 is 0 Å². The minimum absolute atomic E-state index is 0.296. The molecule has 2 unspecified atom stereocenters. The van der Waals surface area contributed by atoms with E-state index in [4.69, 9.17) is 4.74 Å². The fourth-order valence-electron chi connectivity index (χ4n) is 2.15. The monoisotopic (exact) mass is 302 g/mol. The van der Waals surface area contributed by atoms with Crippen molar-refractivity contribution in [2.45, 2.75) is 32.4 Å². The van der Waals surface area contributed by atoms with Crippen LogP contribution in [0.3, 0.4) is 0 Å². The fraction of sp³-hybridized carbons (Fsp3) is 0.750. The van der Waals surface area contributed by atoms with Crippen molar-refractivity contribution in [2.24, 2.45) is 11.8 Å². The summed E-state index contributed by atoms with van der Waals surface area (Å²) in [6.07, 6.45) is 3.77. The molecule has 1 aromatic heterocycles. The summed E-state index contributed by atoms with van der Waals surface area (Å²) in [6, 6.07) is 0. The van der Waals surface area contributed by atoms with Gasteiger partial charge in [0.1, 0.15) is 0 Å². The minimum Gasteiger partial charge on any atom is -0.386 e. The number of nitrogens with zero attached hydrogens (tertiary/aromatic N) is 2. The largest absolute Gasteiger partial charge is 0.386 e. The first-order chi connectivity index (χ1) is 8.15. The molecule has 2 rings (SSSR count). The van der Waals surface area contributed by atoms with Crippen LogP contribution in [0.5, 0.6) is 0 Å². The van der Waals surface area contributed by atoms with Crippen LogP contribution in [-0.2, 0) is 11.3 Å². The van der Waals surface area contributed by atoms with Crippen LogP contribution in [0.1, 0.15) is 31.6 Å². The van der Waals surface area contributed by atoms with Crippen molar-refractivity contribution >= 4 is 15.9 Å². The Balaban J connectivity index is 2.13. The van der Waals surface area contributed by atoms with Crippen LogP contribution in [0.4, 0.5) is 0 Å². The lowest BCUT2D eigenvalue weighted by Gasteiger charge is -2.20. The highest BCUT2D eigenvalue weighted by atomic mass is 79.9. The lowest BCUT2D eigenvalue weighted by molar-refractivity contribution is 0.0928. The predicted molar refractivity (Wildman–Crippen MR) is 68.7 cm³/mol. The number of aliphatic hydroxyl groups excluding tert-OH is 1. The first kappa shape index (κ1) is 13.1. The van der Waals surface area contributed by atoms with Crippen molar-refractivity contribution in [1.82, 2.24) is 9.78 Å². The molecule has 0 saturated heterocycles. The molecule has 4 nitrogen and oxygen atoms in total. The van der Waals surface area contributed by atoms with Crippen LogP contribution in [0.15, 0.2) is 10.7 Å². The smallest absolute Gasteiger partial charge is 0.0996 e. The van der Waals surface area contributed by atoms with Crippen molar-refractivity contribution in [1.29, 1.82) is 0 Å². The van der Waals surface area contributed by atoms with Gasteiger partial charge in [-0.2, -0.15) is 5.10 Å². The summed E-state index contributed by atoms with van der Waals surface area (Å²) in [4.78, 5) is 0. The Hall–Kier alpha value is -0.390. The van der Waals surface area contributed by atoms with Gasteiger partial charge in [-0.1, -0.05) is 6.92 Å². The van der Waals surface area contributed by atoms with E-state index in [0.29, 0.717) is 25.0 Å². The van der Waals surface area contributed by atoms with E-state index < -0.39 is 6.10 Å². The number of methoxy groups -OCH3 is 1. The molecular weight excluding hydrogens is 284 g/mol. The average Bonchev–Trinajstić information content (AvgIpc) is 3.10. The second kappa shape index (κ2) is 5.50. The normalized spacial score (nSPS) is 19.3. The summed E-state index contributed by atoms with van der Waals surface area (Å²) in [5, 5.41) is 14.7.